The van der Waals surface area contributed by atoms with Crippen molar-refractivity contribution in [3.8, 4) is 0 Å². The average Bonchev–Trinajstić information content (AvgIpc) is 2.48. The van der Waals surface area contributed by atoms with E-state index in [2.05, 4.69) is 21.8 Å². The van der Waals surface area contributed by atoms with E-state index in [1.165, 1.54) is 24.7 Å². The topological polar surface area (TPSA) is 69.6 Å². The largest absolute Gasteiger partial charge is 0.392 e. The van der Waals surface area contributed by atoms with Crippen molar-refractivity contribution in [3.63, 3.8) is 0 Å². The lowest BCUT2D eigenvalue weighted by molar-refractivity contribution is 0.133. The standard InChI is InChI=1S/C16H26N2O3S/c1-22(20,21)17-10-9-16-4-2-3-11-18(16)12-14-5-7-15(13-19)8-6-14/h5-8,16-17,19H,2-4,9-13H2,1H3. The summed E-state index contributed by atoms with van der Waals surface area (Å²) in [6.07, 6.45) is 5.59. The fourth-order valence-corrected chi connectivity index (χ4v) is 3.48. The lowest BCUT2D eigenvalue weighted by Crippen LogP contribution is -2.41. The lowest BCUT2D eigenvalue weighted by atomic mass is 9.98. The van der Waals surface area contributed by atoms with Crippen LogP contribution in [0.2, 0.25) is 0 Å². The number of hydrogen-bond donors (Lipinski definition) is 2. The Kier molecular flexibility index (Phi) is 6.37. The van der Waals surface area contributed by atoms with Gasteiger partial charge in [-0.05, 0) is 36.9 Å². The van der Waals surface area contributed by atoms with Gasteiger partial charge in [-0.2, -0.15) is 0 Å². The molecule has 0 aliphatic carbocycles. The highest BCUT2D eigenvalue weighted by atomic mass is 32.2. The van der Waals surface area contributed by atoms with E-state index in [-0.39, 0.29) is 6.61 Å². The highest BCUT2D eigenvalue weighted by molar-refractivity contribution is 7.88. The van der Waals surface area contributed by atoms with Crippen molar-refractivity contribution in [1.82, 2.24) is 9.62 Å². The van der Waals surface area contributed by atoms with Gasteiger partial charge in [-0.1, -0.05) is 30.7 Å². The van der Waals surface area contributed by atoms with Gasteiger partial charge in [0.1, 0.15) is 0 Å². The van der Waals surface area contributed by atoms with Crippen LogP contribution in [0, 0.1) is 0 Å². The fraction of sp³-hybridized carbons (Fsp3) is 0.625. The van der Waals surface area contributed by atoms with Gasteiger partial charge in [0, 0.05) is 19.1 Å². The molecule has 1 atom stereocenters. The zero-order valence-corrected chi connectivity index (χ0v) is 14.0. The van der Waals surface area contributed by atoms with Crippen LogP contribution in [0.4, 0.5) is 0 Å². The monoisotopic (exact) mass is 326 g/mol. The predicted molar refractivity (Wildman–Crippen MR) is 87.9 cm³/mol. The third kappa shape index (κ3) is 5.68. The molecule has 0 amide bonds. The number of piperidine rings is 1. The predicted octanol–water partition coefficient (Wildman–Crippen LogP) is 1.47. The van der Waals surface area contributed by atoms with Crippen LogP contribution in [0.25, 0.3) is 0 Å². The smallest absolute Gasteiger partial charge is 0.208 e. The Morgan fingerprint density at radius 1 is 1.23 bits per heavy atom. The van der Waals surface area contributed by atoms with E-state index >= 15 is 0 Å². The van der Waals surface area contributed by atoms with Crippen LogP contribution in [0.1, 0.15) is 36.8 Å². The third-order valence-corrected chi connectivity index (χ3v) is 4.91. The molecule has 1 aromatic rings. The number of hydrogen-bond acceptors (Lipinski definition) is 4. The van der Waals surface area contributed by atoms with Gasteiger partial charge in [-0.3, -0.25) is 4.90 Å². The fourth-order valence-electron chi connectivity index (χ4n) is 2.99. The molecule has 0 radical (unpaired) electrons. The Hall–Kier alpha value is -0.950. The van der Waals surface area contributed by atoms with E-state index in [1.54, 1.807) is 0 Å². The molecule has 1 aliphatic heterocycles. The van der Waals surface area contributed by atoms with Gasteiger partial charge in [0.25, 0.3) is 0 Å². The molecule has 5 nitrogen and oxygen atoms in total. The van der Waals surface area contributed by atoms with Crippen molar-refractivity contribution in [2.45, 2.75) is 44.9 Å². The molecule has 0 aromatic heterocycles. The van der Waals surface area contributed by atoms with Gasteiger partial charge < -0.3 is 5.11 Å². The van der Waals surface area contributed by atoms with Crippen molar-refractivity contribution in [2.75, 3.05) is 19.3 Å². The molecule has 22 heavy (non-hydrogen) atoms. The number of aliphatic hydroxyl groups is 1. The van der Waals surface area contributed by atoms with Crippen LogP contribution in [0.3, 0.4) is 0 Å². The normalized spacial score (nSPS) is 20.2. The van der Waals surface area contributed by atoms with E-state index in [0.717, 1.165) is 31.5 Å². The third-order valence-electron chi connectivity index (χ3n) is 4.18. The minimum atomic E-state index is -3.10. The van der Waals surface area contributed by atoms with Crippen molar-refractivity contribution in [1.29, 1.82) is 0 Å². The molecule has 1 saturated heterocycles. The van der Waals surface area contributed by atoms with E-state index in [9.17, 15) is 8.42 Å². The van der Waals surface area contributed by atoms with E-state index in [4.69, 9.17) is 5.11 Å². The van der Waals surface area contributed by atoms with Gasteiger partial charge >= 0.3 is 0 Å². The van der Waals surface area contributed by atoms with Crippen LogP contribution < -0.4 is 4.72 Å². The summed E-state index contributed by atoms with van der Waals surface area (Å²) in [5.74, 6) is 0. The van der Waals surface area contributed by atoms with Crippen LogP contribution in [-0.4, -0.2) is 43.8 Å². The number of benzene rings is 1. The number of nitrogens with zero attached hydrogens (tertiary/aromatic N) is 1. The number of sulfonamides is 1. The first-order chi connectivity index (χ1) is 10.5. The van der Waals surface area contributed by atoms with E-state index < -0.39 is 10.0 Å². The highest BCUT2D eigenvalue weighted by Gasteiger charge is 2.22. The van der Waals surface area contributed by atoms with Crippen molar-refractivity contribution in [2.24, 2.45) is 0 Å². The molecule has 2 N–H and O–H groups in total. The summed E-state index contributed by atoms with van der Waals surface area (Å²) in [6, 6.07) is 8.47. The molecule has 6 heteroatoms. The lowest BCUT2D eigenvalue weighted by Gasteiger charge is -2.36. The first-order valence-electron chi connectivity index (χ1n) is 7.85. The maximum atomic E-state index is 11.2. The van der Waals surface area contributed by atoms with E-state index in [1.807, 2.05) is 12.1 Å². The summed E-state index contributed by atoms with van der Waals surface area (Å²) >= 11 is 0. The summed E-state index contributed by atoms with van der Waals surface area (Å²) in [5, 5.41) is 9.09. The number of likely N-dealkylation sites (tertiary alicyclic amines) is 1. The van der Waals surface area contributed by atoms with Gasteiger partial charge in [0.2, 0.25) is 10.0 Å². The Bertz CT molecular complexity index is 557. The number of aliphatic hydroxyl groups excluding tert-OH is 1. The molecule has 0 saturated carbocycles. The molecule has 1 fully saturated rings. The molecule has 2 rings (SSSR count). The highest BCUT2D eigenvalue weighted by Crippen LogP contribution is 2.22. The molecular weight excluding hydrogens is 300 g/mol. The minimum Gasteiger partial charge on any atom is -0.392 e. The summed E-state index contributed by atoms with van der Waals surface area (Å²) in [6.45, 7) is 2.52. The molecule has 1 unspecified atom stereocenters. The number of rotatable bonds is 7. The second-order valence-electron chi connectivity index (χ2n) is 6.05. The van der Waals surface area contributed by atoms with Gasteiger partial charge in [0.15, 0.2) is 0 Å². The van der Waals surface area contributed by atoms with E-state index in [0.29, 0.717) is 12.6 Å². The van der Waals surface area contributed by atoms with Crippen LogP contribution in [-0.2, 0) is 23.2 Å². The van der Waals surface area contributed by atoms with Crippen molar-refractivity contribution >= 4 is 10.0 Å². The Balaban J connectivity index is 1.90. The van der Waals surface area contributed by atoms with Gasteiger partial charge in [-0.25, -0.2) is 13.1 Å². The van der Waals surface area contributed by atoms with Gasteiger partial charge in [-0.15, -0.1) is 0 Å². The Morgan fingerprint density at radius 2 is 1.91 bits per heavy atom. The van der Waals surface area contributed by atoms with Crippen LogP contribution >= 0.6 is 0 Å². The molecule has 0 spiro atoms. The van der Waals surface area contributed by atoms with Crippen LogP contribution in [0.5, 0.6) is 0 Å². The minimum absolute atomic E-state index is 0.0732. The van der Waals surface area contributed by atoms with Crippen molar-refractivity contribution < 1.29 is 13.5 Å². The zero-order valence-electron chi connectivity index (χ0n) is 13.2. The summed E-state index contributed by atoms with van der Waals surface area (Å²) < 4.78 is 24.9. The molecule has 0 bridgehead atoms. The molecule has 1 aliphatic rings. The zero-order chi connectivity index (χ0) is 16.0. The summed E-state index contributed by atoms with van der Waals surface area (Å²) in [7, 11) is -3.10. The van der Waals surface area contributed by atoms with Gasteiger partial charge in [0.05, 0.1) is 12.9 Å². The average molecular weight is 326 g/mol. The van der Waals surface area contributed by atoms with Crippen LogP contribution in [0.15, 0.2) is 24.3 Å². The Morgan fingerprint density at radius 3 is 2.55 bits per heavy atom. The quantitative estimate of drug-likeness (QED) is 0.796. The Labute approximate surface area is 133 Å². The molecular formula is C16H26N2O3S. The summed E-state index contributed by atoms with van der Waals surface area (Å²) in [5.41, 5.74) is 2.16. The molecule has 124 valence electrons. The number of nitrogens with one attached hydrogen (secondary N) is 1. The first kappa shape index (κ1) is 17.4. The second kappa shape index (κ2) is 8.06. The molecule has 1 aromatic carbocycles. The summed E-state index contributed by atoms with van der Waals surface area (Å²) in [4.78, 5) is 2.45. The SMILES string of the molecule is CS(=O)(=O)NCCC1CCCCN1Cc1ccc(CO)cc1. The first-order valence-corrected chi connectivity index (χ1v) is 9.74. The second-order valence-corrected chi connectivity index (χ2v) is 7.88. The van der Waals surface area contributed by atoms with Crippen molar-refractivity contribution in [3.05, 3.63) is 35.4 Å². The maximum Gasteiger partial charge on any atom is 0.208 e. The molecule has 1 heterocycles. The maximum absolute atomic E-state index is 11.2.